The van der Waals surface area contributed by atoms with Crippen molar-refractivity contribution in [1.82, 2.24) is 4.40 Å². The maximum absolute atomic E-state index is 3.64. The average molecular weight is 370 g/mol. The normalized spacial score (nSPS) is 12.4. The fourth-order valence-corrected chi connectivity index (χ4v) is 4.57. The van der Waals surface area contributed by atoms with Crippen LogP contribution in [0.4, 0.5) is 0 Å². The van der Waals surface area contributed by atoms with E-state index in [-0.39, 0.29) is 0 Å². The Hall–Kier alpha value is -2.58. The topological polar surface area (TPSA) is 4.41 Å². The minimum Gasteiger partial charge on any atom is -0.308 e. The fraction of sp³-hybridized carbons (Fsp3) is 0. The largest absolute Gasteiger partial charge is 0.308 e. The summed E-state index contributed by atoms with van der Waals surface area (Å²) in [5.74, 6) is 0. The third kappa shape index (κ3) is 1.41. The van der Waals surface area contributed by atoms with Gasteiger partial charge >= 0.3 is 0 Å². The van der Waals surface area contributed by atoms with E-state index < -0.39 is 0 Å². The maximum atomic E-state index is 3.64. The van der Waals surface area contributed by atoms with Crippen LogP contribution in [0.25, 0.3) is 48.9 Å². The zero-order chi connectivity index (χ0) is 15.8. The SMILES string of the molecule is Brc1ccc2c3ccc4cccc5c6ccccc6n(c2c1)c3c45. The van der Waals surface area contributed by atoms with Crippen molar-refractivity contribution in [2.45, 2.75) is 0 Å². The second-order valence-corrected chi connectivity index (χ2v) is 7.30. The third-order valence-corrected chi connectivity index (χ3v) is 5.66. The zero-order valence-electron chi connectivity index (χ0n) is 12.8. The highest BCUT2D eigenvalue weighted by molar-refractivity contribution is 9.10. The standard InChI is InChI=1S/C22H12BrN/c23-14-9-11-16-18-10-8-13-4-3-6-17-15-5-1-2-7-19(15)24(20(16)12-14)22(18)21(13)17/h1-12H. The lowest BCUT2D eigenvalue weighted by atomic mass is 9.99. The van der Waals surface area contributed by atoms with Crippen LogP contribution in [0.3, 0.4) is 0 Å². The number of halogens is 1. The van der Waals surface area contributed by atoms with Gasteiger partial charge in [0.15, 0.2) is 0 Å². The number of nitrogens with zero attached hydrogens (tertiary/aromatic N) is 1. The molecule has 2 aromatic heterocycles. The first-order chi connectivity index (χ1) is 11.8. The van der Waals surface area contributed by atoms with Crippen molar-refractivity contribution >= 4 is 64.8 Å². The quantitative estimate of drug-likeness (QED) is 0.206. The van der Waals surface area contributed by atoms with Gasteiger partial charge in [0.25, 0.3) is 0 Å². The molecule has 0 spiro atoms. The number of para-hydroxylation sites is 1. The average Bonchev–Trinajstić information content (AvgIpc) is 2.95. The van der Waals surface area contributed by atoms with E-state index in [2.05, 4.69) is 93.1 Å². The lowest BCUT2D eigenvalue weighted by Gasteiger charge is -2.12. The molecule has 0 saturated heterocycles. The van der Waals surface area contributed by atoms with E-state index in [1.807, 2.05) is 0 Å². The van der Waals surface area contributed by atoms with Gasteiger partial charge in [-0.05, 0) is 29.0 Å². The van der Waals surface area contributed by atoms with Crippen LogP contribution < -0.4 is 0 Å². The minimum absolute atomic E-state index is 1.11. The van der Waals surface area contributed by atoms with Gasteiger partial charge in [0.05, 0.1) is 16.6 Å². The zero-order valence-corrected chi connectivity index (χ0v) is 14.3. The number of aromatic nitrogens is 1. The van der Waals surface area contributed by atoms with Gasteiger partial charge in [0.1, 0.15) is 0 Å². The van der Waals surface area contributed by atoms with Gasteiger partial charge < -0.3 is 4.40 Å². The van der Waals surface area contributed by atoms with Crippen molar-refractivity contribution in [3.05, 3.63) is 77.3 Å². The van der Waals surface area contributed by atoms with E-state index >= 15 is 0 Å². The number of hydrogen-bond donors (Lipinski definition) is 0. The molecule has 0 saturated carbocycles. The van der Waals surface area contributed by atoms with Gasteiger partial charge in [-0.1, -0.05) is 70.5 Å². The van der Waals surface area contributed by atoms with E-state index in [0.29, 0.717) is 0 Å². The molecule has 0 unspecified atom stereocenters. The Morgan fingerprint density at radius 1 is 0.625 bits per heavy atom. The molecule has 24 heavy (non-hydrogen) atoms. The van der Waals surface area contributed by atoms with Crippen molar-refractivity contribution in [2.24, 2.45) is 0 Å². The van der Waals surface area contributed by atoms with Gasteiger partial charge in [-0.3, -0.25) is 0 Å². The smallest absolute Gasteiger partial charge is 0.0625 e. The lowest BCUT2D eigenvalue weighted by molar-refractivity contribution is 1.35. The van der Waals surface area contributed by atoms with E-state index in [1.165, 1.54) is 48.9 Å². The van der Waals surface area contributed by atoms with Gasteiger partial charge in [-0.2, -0.15) is 0 Å². The molecule has 112 valence electrons. The number of pyridine rings is 1. The lowest BCUT2D eigenvalue weighted by Crippen LogP contribution is -1.91. The fourth-order valence-electron chi connectivity index (χ4n) is 4.22. The highest BCUT2D eigenvalue weighted by Crippen LogP contribution is 2.41. The van der Waals surface area contributed by atoms with E-state index in [9.17, 15) is 0 Å². The van der Waals surface area contributed by atoms with Crippen LogP contribution in [-0.2, 0) is 0 Å². The predicted molar refractivity (Wildman–Crippen MR) is 106 cm³/mol. The molecule has 2 heteroatoms. The van der Waals surface area contributed by atoms with Crippen molar-refractivity contribution in [2.75, 3.05) is 0 Å². The molecule has 0 atom stereocenters. The Morgan fingerprint density at radius 3 is 2.38 bits per heavy atom. The molecule has 0 bridgehead atoms. The Morgan fingerprint density at radius 2 is 1.42 bits per heavy atom. The first-order valence-electron chi connectivity index (χ1n) is 8.08. The molecule has 6 rings (SSSR count). The van der Waals surface area contributed by atoms with Crippen LogP contribution in [-0.4, -0.2) is 4.40 Å². The summed E-state index contributed by atoms with van der Waals surface area (Å²) in [5, 5.41) is 7.94. The summed E-state index contributed by atoms with van der Waals surface area (Å²) in [6.45, 7) is 0. The van der Waals surface area contributed by atoms with E-state index in [0.717, 1.165) is 4.47 Å². The van der Waals surface area contributed by atoms with Gasteiger partial charge in [0, 0.05) is 26.0 Å². The van der Waals surface area contributed by atoms with Crippen molar-refractivity contribution < 1.29 is 0 Å². The molecule has 0 aliphatic rings. The first-order valence-corrected chi connectivity index (χ1v) is 8.87. The molecular formula is C22H12BrN. The second-order valence-electron chi connectivity index (χ2n) is 6.38. The Bertz CT molecular complexity index is 1410. The summed E-state index contributed by atoms with van der Waals surface area (Å²) in [7, 11) is 0. The molecule has 0 N–H and O–H groups in total. The molecule has 6 aromatic rings. The predicted octanol–water partition coefficient (Wildman–Crippen LogP) is 6.75. The highest BCUT2D eigenvalue weighted by Gasteiger charge is 2.17. The van der Waals surface area contributed by atoms with Crippen LogP contribution in [0.15, 0.2) is 77.3 Å². The van der Waals surface area contributed by atoms with Gasteiger partial charge in [0.2, 0.25) is 0 Å². The first kappa shape index (κ1) is 12.8. The molecule has 0 fully saturated rings. The second kappa shape index (κ2) is 4.28. The van der Waals surface area contributed by atoms with E-state index in [1.54, 1.807) is 0 Å². The van der Waals surface area contributed by atoms with Gasteiger partial charge in [-0.15, -0.1) is 0 Å². The molecule has 4 aromatic carbocycles. The molecule has 1 nitrogen and oxygen atoms in total. The Balaban J connectivity index is 2.15. The van der Waals surface area contributed by atoms with Crippen LogP contribution in [0.5, 0.6) is 0 Å². The third-order valence-electron chi connectivity index (χ3n) is 5.17. The van der Waals surface area contributed by atoms with Crippen molar-refractivity contribution in [1.29, 1.82) is 0 Å². The molecule has 2 heterocycles. The number of fused-ring (bicyclic) bond motifs is 6. The van der Waals surface area contributed by atoms with Crippen LogP contribution in [0, 0.1) is 0 Å². The minimum atomic E-state index is 1.11. The van der Waals surface area contributed by atoms with Gasteiger partial charge in [-0.25, -0.2) is 0 Å². The summed E-state index contributed by atoms with van der Waals surface area (Å²) in [5.41, 5.74) is 3.85. The summed E-state index contributed by atoms with van der Waals surface area (Å²) in [4.78, 5) is 0. The van der Waals surface area contributed by atoms with Crippen molar-refractivity contribution in [3.63, 3.8) is 0 Å². The summed E-state index contributed by atoms with van der Waals surface area (Å²) < 4.78 is 3.54. The van der Waals surface area contributed by atoms with Crippen LogP contribution in [0.1, 0.15) is 0 Å². The van der Waals surface area contributed by atoms with Crippen LogP contribution >= 0.6 is 15.9 Å². The number of hydrogen-bond acceptors (Lipinski definition) is 0. The monoisotopic (exact) mass is 369 g/mol. The summed E-state index contributed by atoms with van der Waals surface area (Å²) in [6.07, 6.45) is 0. The number of benzene rings is 4. The molecular weight excluding hydrogens is 358 g/mol. The maximum Gasteiger partial charge on any atom is 0.0625 e. The Labute approximate surface area is 146 Å². The summed E-state index contributed by atoms with van der Waals surface area (Å²) >= 11 is 3.64. The highest BCUT2D eigenvalue weighted by atomic mass is 79.9. The molecule has 0 aliphatic carbocycles. The Kier molecular flexibility index (Phi) is 2.28. The summed E-state index contributed by atoms with van der Waals surface area (Å²) in [6, 6.07) is 26.4. The van der Waals surface area contributed by atoms with E-state index in [4.69, 9.17) is 0 Å². The molecule has 0 aliphatic heterocycles. The van der Waals surface area contributed by atoms with Crippen LogP contribution in [0.2, 0.25) is 0 Å². The number of rotatable bonds is 0. The van der Waals surface area contributed by atoms with Crippen molar-refractivity contribution in [3.8, 4) is 0 Å². The molecule has 0 amide bonds. The molecule has 0 radical (unpaired) electrons.